The number of aliphatic carboxylic acids is 1. The molecule has 0 radical (unpaired) electrons. The van der Waals surface area contributed by atoms with Crippen molar-refractivity contribution < 1.29 is 39.0 Å². The third-order valence-corrected chi connectivity index (χ3v) is 8.21. The Labute approximate surface area is 315 Å². The largest absolute Gasteiger partial charge is 0.480 e. The first-order valence-electron chi connectivity index (χ1n) is 18.2. The monoisotopic (exact) mass is 767 g/mol. The van der Waals surface area contributed by atoms with E-state index >= 15 is 0 Å². The number of guanidine groups is 1. The first-order chi connectivity index (χ1) is 25.6. The molecule has 0 unspecified atom stereocenters. The van der Waals surface area contributed by atoms with E-state index in [2.05, 4.69) is 41.5 Å². The van der Waals surface area contributed by atoms with Gasteiger partial charge in [-0.3, -0.25) is 29.0 Å². The quantitative estimate of drug-likeness (QED) is 0.0221. The highest BCUT2D eigenvalue weighted by molar-refractivity contribution is 5.96. The Kier molecular flexibility index (Phi) is 22.7. The van der Waals surface area contributed by atoms with Crippen LogP contribution in [0.1, 0.15) is 77.3 Å². The maximum atomic E-state index is 13.9. The summed E-state index contributed by atoms with van der Waals surface area (Å²) in [4.78, 5) is 89.9. The summed E-state index contributed by atoms with van der Waals surface area (Å²) >= 11 is 0. The fourth-order valence-electron chi connectivity index (χ4n) is 5.26. The lowest BCUT2D eigenvalue weighted by Gasteiger charge is -2.27. The fraction of sp³-hybridized carbons (Fsp3) is 0.697. The minimum atomic E-state index is -1.32. The maximum Gasteiger partial charge on any atom is 0.326 e. The van der Waals surface area contributed by atoms with Crippen LogP contribution >= 0.6 is 0 Å². The van der Waals surface area contributed by atoms with E-state index in [0.29, 0.717) is 44.5 Å². The second kappa shape index (κ2) is 26.0. The van der Waals surface area contributed by atoms with Crippen LogP contribution in [0.2, 0.25) is 0 Å². The fourth-order valence-corrected chi connectivity index (χ4v) is 5.26. The molecule has 5 amide bonds. The van der Waals surface area contributed by atoms with E-state index in [-0.39, 0.29) is 56.9 Å². The van der Waals surface area contributed by atoms with Crippen molar-refractivity contribution in [1.82, 2.24) is 36.6 Å². The van der Waals surface area contributed by atoms with Crippen molar-refractivity contribution in [2.45, 2.75) is 114 Å². The number of nitrogens with zero attached hydrogens (tertiary/aromatic N) is 2. The van der Waals surface area contributed by atoms with Gasteiger partial charge in [-0.1, -0.05) is 13.8 Å². The average molecular weight is 768 g/mol. The molecule has 1 heterocycles. The van der Waals surface area contributed by atoms with Gasteiger partial charge in [0.1, 0.15) is 36.3 Å². The molecule has 1 aromatic heterocycles. The highest BCUT2D eigenvalue weighted by Crippen LogP contribution is 2.10. The van der Waals surface area contributed by atoms with Gasteiger partial charge in [-0.05, 0) is 76.8 Å². The number of carbonyl (C=O) groups excluding carboxylic acids is 5. The zero-order chi connectivity index (χ0) is 40.6. The van der Waals surface area contributed by atoms with Gasteiger partial charge in [0.25, 0.3) is 0 Å². The number of carboxylic acid groups (broad SMARTS) is 1. The summed E-state index contributed by atoms with van der Waals surface area (Å²) in [5, 5.41) is 32.0. The smallest absolute Gasteiger partial charge is 0.326 e. The molecular weight excluding hydrogens is 706 g/mol. The summed E-state index contributed by atoms with van der Waals surface area (Å²) in [7, 11) is 0. The van der Waals surface area contributed by atoms with E-state index in [4.69, 9.17) is 28.7 Å². The third-order valence-electron chi connectivity index (χ3n) is 8.21. The Morgan fingerprint density at radius 2 is 1.20 bits per heavy atom. The van der Waals surface area contributed by atoms with Crippen molar-refractivity contribution in [2.75, 3.05) is 26.2 Å². The predicted molar refractivity (Wildman–Crippen MR) is 200 cm³/mol. The van der Waals surface area contributed by atoms with Crippen molar-refractivity contribution in [1.29, 1.82) is 0 Å². The van der Waals surface area contributed by atoms with Gasteiger partial charge in [-0.2, -0.15) is 0 Å². The number of rotatable bonds is 28. The van der Waals surface area contributed by atoms with Crippen molar-refractivity contribution >= 4 is 41.5 Å². The van der Waals surface area contributed by atoms with Crippen molar-refractivity contribution in [3.63, 3.8) is 0 Å². The lowest BCUT2D eigenvalue weighted by Crippen LogP contribution is -2.59. The SMILES string of the molecule is CC(C)C[C@H](NC(=O)[C@H](CCCCN)NC(=O)[C@H](CCCCN)NC(=O)[C@H](Cc1cnc[nH]1)NC(=O)[C@H](CCCN=C(N)N)NC(=O)[C@@H](N)CO)C(=O)O. The number of aliphatic hydroxyl groups is 1. The molecular formula is C33H61N13O8. The number of nitrogens with one attached hydrogen (secondary N) is 6. The van der Waals surface area contributed by atoms with Gasteiger partial charge in [0.05, 0.1) is 12.9 Å². The van der Waals surface area contributed by atoms with Crippen LogP contribution in [0.5, 0.6) is 0 Å². The molecule has 21 heteroatoms. The van der Waals surface area contributed by atoms with E-state index in [1.54, 1.807) is 0 Å². The maximum absolute atomic E-state index is 13.9. The van der Waals surface area contributed by atoms with Crippen LogP contribution in [0.15, 0.2) is 17.5 Å². The molecule has 306 valence electrons. The van der Waals surface area contributed by atoms with Gasteiger partial charge in [0.15, 0.2) is 5.96 Å². The normalized spacial score (nSPS) is 14.4. The number of aromatic amines is 1. The van der Waals surface area contributed by atoms with Crippen molar-refractivity contribution in [3.8, 4) is 0 Å². The molecule has 54 heavy (non-hydrogen) atoms. The molecule has 0 saturated carbocycles. The number of hydrogen-bond donors (Lipinski definition) is 13. The number of unbranched alkanes of at least 4 members (excludes halogenated alkanes) is 2. The lowest BCUT2D eigenvalue weighted by molar-refractivity contribution is -0.143. The van der Waals surface area contributed by atoms with Gasteiger partial charge in [0, 0.05) is 24.9 Å². The average Bonchev–Trinajstić information content (AvgIpc) is 3.63. The zero-order valence-corrected chi connectivity index (χ0v) is 31.2. The first kappa shape index (κ1) is 47.2. The molecule has 0 fully saturated rings. The molecule has 18 N–H and O–H groups in total. The third kappa shape index (κ3) is 18.8. The molecule has 21 nitrogen and oxygen atoms in total. The summed E-state index contributed by atoms with van der Waals surface area (Å²) in [5.41, 5.74) is 28.2. The molecule has 0 aliphatic carbocycles. The molecule has 0 saturated heterocycles. The number of aliphatic hydroxyl groups excluding tert-OH is 1. The molecule has 0 aromatic carbocycles. The molecule has 0 bridgehead atoms. The summed E-state index contributed by atoms with van der Waals surface area (Å²) in [5.74, 6) is -5.17. The predicted octanol–water partition coefficient (Wildman–Crippen LogP) is -3.86. The number of nitrogens with two attached hydrogens (primary N) is 5. The van der Waals surface area contributed by atoms with Crippen LogP contribution in [0.25, 0.3) is 0 Å². The molecule has 6 atom stereocenters. The Bertz CT molecular complexity index is 1340. The number of carboxylic acids is 1. The lowest BCUT2D eigenvalue weighted by atomic mass is 10.0. The number of hydrogen-bond acceptors (Lipinski definition) is 12. The van der Waals surface area contributed by atoms with Crippen LogP contribution in [0, 0.1) is 5.92 Å². The second-order valence-corrected chi connectivity index (χ2v) is 13.4. The van der Waals surface area contributed by atoms with Crippen LogP contribution in [-0.4, -0.2) is 124 Å². The topological polar surface area (TPSA) is 374 Å². The molecule has 0 spiro atoms. The number of H-pyrrole nitrogens is 1. The van der Waals surface area contributed by atoms with Gasteiger partial charge in [-0.25, -0.2) is 9.78 Å². The van der Waals surface area contributed by atoms with Crippen molar-refractivity contribution in [2.24, 2.45) is 39.6 Å². The molecule has 0 aliphatic rings. The molecule has 1 aromatic rings. The van der Waals surface area contributed by atoms with Gasteiger partial charge in [-0.15, -0.1) is 0 Å². The second-order valence-electron chi connectivity index (χ2n) is 13.4. The Morgan fingerprint density at radius 3 is 1.63 bits per heavy atom. The van der Waals surface area contributed by atoms with E-state index in [0.717, 1.165) is 0 Å². The highest BCUT2D eigenvalue weighted by Gasteiger charge is 2.33. The summed E-state index contributed by atoms with van der Waals surface area (Å²) in [6, 6.07) is -7.36. The Morgan fingerprint density at radius 1 is 0.741 bits per heavy atom. The van der Waals surface area contributed by atoms with Crippen LogP contribution < -0.4 is 55.3 Å². The number of aromatic nitrogens is 2. The van der Waals surface area contributed by atoms with Crippen molar-refractivity contribution in [3.05, 3.63) is 18.2 Å². The highest BCUT2D eigenvalue weighted by atomic mass is 16.4. The Balaban J connectivity index is 3.36. The summed E-state index contributed by atoms with van der Waals surface area (Å²) in [6.45, 7) is 3.73. The Hall–Kier alpha value is -4.86. The first-order valence-corrected chi connectivity index (χ1v) is 18.2. The minimum absolute atomic E-state index is 0.0303. The standard InChI is InChI=1S/C33H61N13O8/c1-19(2)14-26(32(53)54)46-30(51)23(9-4-6-12-35)43-28(49)22(8-3-5-11-34)44-31(52)25(15-20-16-39-18-41-20)45-29(50)24(10-7-13-40-33(37)38)42-27(48)21(36)17-47/h16,18-19,21-26,47H,3-15,17,34-36H2,1-2H3,(H,39,41)(H,42,48)(H,43,49)(H,44,52)(H,45,50)(H,46,51)(H,53,54)(H4,37,38,40)/t21-,22-,23-,24-,25-,26-/m0/s1. The number of amides is 5. The van der Waals surface area contributed by atoms with Crippen LogP contribution in [-0.2, 0) is 35.2 Å². The van der Waals surface area contributed by atoms with Crippen LogP contribution in [0.3, 0.4) is 0 Å². The van der Waals surface area contributed by atoms with E-state index in [9.17, 15) is 39.0 Å². The molecule has 0 aliphatic heterocycles. The van der Waals surface area contributed by atoms with Gasteiger partial charge < -0.3 is 70.4 Å². The van der Waals surface area contributed by atoms with E-state index in [1.807, 2.05) is 13.8 Å². The minimum Gasteiger partial charge on any atom is -0.480 e. The van der Waals surface area contributed by atoms with Crippen LogP contribution in [0.4, 0.5) is 0 Å². The number of carbonyl (C=O) groups is 6. The summed E-state index contributed by atoms with van der Waals surface area (Å²) < 4.78 is 0. The zero-order valence-electron chi connectivity index (χ0n) is 31.2. The molecule has 1 rings (SSSR count). The van der Waals surface area contributed by atoms with E-state index < -0.39 is 78.4 Å². The number of imidazole rings is 1. The number of aliphatic imine (C=N–C) groups is 1. The van der Waals surface area contributed by atoms with Gasteiger partial charge >= 0.3 is 5.97 Å². The summed E-state index contributed by atoms with van der Waals surface area (Å²) in [6.07, 6.45) is 5.36. The van der Waals surface area contributed by atoms with E-state index in [1.165, 1.54) is 12.5 Å². The van der Waals surface area contributed by atoms with Gasteiger partial charge in [0.2, 0.25) is 29.5 Å².